The zero-order valence-electron chi connectivity index (χ0n) is 28.9. The molecule has 0 aliphatic heterocycles. The molecule has 0 bridgehead atoms. The van der Waals surface area contributed by atoms with E-state index in [0.717, 1.165) is 56.4 Å². The average Bonchev–Trinajstić information content (AvgIpc) is 3.63. The van der Waals surface area contributed by atoms with Gasteiger partial charge in [0.2, 0.25) is 0 Å². The van der Waals surface area contributed by atoms with Gasteiger partial charge < -0.3 is 4.42 Å². The number of rotatable bonds is 6. The van der Waals surface area contributed by atoms with E-state index < -0.39 is 0 Å². The van der Waals surface area contributed by atoms with Gasteiger partial charge in [0.1, 0.15) is 17.0 Å². The second-order valence-electron chi connectivity index (χ2n) is 13.5. The topological polar surface area (TPSA) is 51.8 Å². The number of allylic oxidation sites excluding steroid dienone is 4. The van der Waals surface area contributed by atoms with Crippen LogP contribution in [0.2, 0.25) is 0 Å². The van der Waals surface area contributed by atoms with Gasteiger partial charge >= 0.3 is 0 Å². The van der Waals surface area contributed by atoms with Crippen molar-refractivity contribution in [3.63, 3.8) is 0 Å². The molecule has 0 N–H and O–H groups in total. The highest BCUT2D eigenvalue weighted by Crippen LogP contribution is 2.41. The monoisotopic (exact) mass is 679 g/mol. The third-order valence-corrected chi connectivity index (χ3v) is 10.3. The fraction of sp³-hybridized carbons (Fsp3) is 0.0408. The Morgan fingerprint density at radius 3 is 1.96 bits per heavy atom. The smallest absolute Gasteiger partial charge is 0.164 e. The van der Waals surface area contributed by atoms with Crippen LogP contribution in [0.3, 0.4) is 0 Å². The molecule has 4 heteroatoms. The molecule has 0 spiro atoms. The molecule has 0 saturated heterocycles. The van der Waals surface area contributed by atoms with Crippen LogP contribution < -0.4 is 0 Å². The van der Waals surface area contributed by atoms with Crippen LogP contribution in [0.4, 0.5) is 0 Å². The second kappa shape index (κ2) is 13.0. The summed E-state index contributed by atoms with van der Waals surface area (Å²) in [5.41, 5.74) is 10.5. The fourth-order valence-corrected chi connectivity index (χ4v) is 7.52. The van der Waals surface area contributed by atoms with Crippen LogP contribution in [0.25, 0.3) is 83.3 Å². The second-order valence-corrected chi connectivity index (χ2v) is 13.5. The molecule has 53 heavy (non-hydrogen) atoms. The van der Waals surface area contributed by atoms with E-state index in [1.807, 2.05) is 36.4 Å². The lowest BCUT2D eigenvalue weighted by Crippen LogP contribution is -2.08. The Morgan fingerprint density at radius 1 is 0.491 bits per heavy atom. The Kier molecular flexibility index (Phi) is 7.58. The molecule has 250 valence electrons. The maximum absolute atomic E-state index is 6.69. The first-order valence-corrected chi connectivity index (χ1v) is 18.0. The molecule has 1 unspecified atom stereocenters. The van der Waals surface area contributed by atoms with Gasteiger partial charge in [0, 0.05) is 33.4 Å². The minimum Gasteiger partial charge on any atom is -0.455 e. The Morgan fingerprint density at radius 2 is 1.17 bits per heavy atom. The number of nitrogens with zero attached hydrogens (tertiary/aromatic N) is 3. The highest BCUT2D eigenvalue weighted by atomic mass is 16.3. The predicted molar refractivity (Wildman–Crippen MR) is 217 cm³/mol. The number of hydrogen-bond acceptors (Lipinski definition) is 4. The molecular formula is C49H33N3O. The molecule has 0 saturated carbocycles. The van der Waals surface area contributed by atoms with E-state index in [-0.39, 0.29) is 5.92 Å². The van der Waals surface area contributed by atoms with Crippen LogP contribution in [0.15, 0.2) is 186 Å². The van der Waals surface area contributed by atoms with Crippen LogP contribution in [0, 0.1) is 0 Å². The van der Waals surface area contributed by atoms with Gasteiger partial charge in [-0.3, -0.25) is 0 Å². The van der Waals surface area contributed by atoms with Crippen molar-refractivity contribution in [2.45, 2.75) is 12.3 Å². The van der Waals surface area contributed by atoms with Crippen molar-refractivity contribution in [1.82, 2.24) is 15.0 Å². The van der Waals surface area contributed by atoms with E-state index in [4.69, 9.17) is 19.4 Å². The summed E-state index contributed by atoms with van der Waals surface area (Å²) in [7, 11) is 0. The first kappa shape index (κ1) is 30.9. The van der Waals surface area contributed by atoms with Gasteiger partial charge in [-0.25, -0.2) is 15.0 Å². The van der Waals surface area contributed by atoms with Crippen molar-refractivity contribution in [3.05, 3.63) is 193 Å². The Hall–Kier alpha value is -6.91. The SMILES string of the molecule is C1=CC(c2nc(-c3ccccc3)nc(-c3cccc4oc5c(-c6ccc(-c7ccc8ccccc8c7)cc6)cccc5c34)n2)CC=C1c1ccccc1. The molecule has 2 aromatic heterocycles. The third-order valence-electron chi connectivity index (χ3n) is 10.3. The van der Waals surface area contributed by atoms with Gasteiger partial charge in [-0.2, -0.15) is 0 Å². The Labute approximate surface area is 307 Å². The predicted octanol–water partition coefficient (Wildman–Crippen LogP) is 12.7. The number of furan rings is 1. The Bertz CT molecular complexity index is 2850. The molecule has 4 nitrogen and oxygen atoms in total. The molecule has 0 radical (unpaired) electrons. The zero-order valence-corrected chi connectivity index (χ0v) is 28.9. The summed E-state index contributed by atoms with van der Waals surface area (Å²) in [5.74, 6) is 2.08. The van der Waals surface area contributed by atoms with Gasteiger partial charge in [-0.05, 0) is 57.2 Å². The minimum atomic E-state index is 0.0242. The van der Waals surface area contributed by atoms with Gasteiger partial charge in [-0.1, -0.05) is 170 Å². The van der Waals surface area contributed by atoms with Crippen molar-refractivity contribution in [3.8, 4) is 45.0 Å². The van der Waals surface area contributed by atoms with Crippen LogP contribution in [-0.2, 0) is 0 Å². The van der Waals surface area contributed by atoms with Crippen LogP contribution >= 0.6 is 0 Å². The summed E-state index contributed by atoms with van der Waals surface area (Å²) in [6.07, 6.45) is 7.50. The maximum Gasteiger partial charge on any atom is 0.164 e. The number of benzene rings is 7. The number of hydrogen-bond donors (Lipinski definition) is 0. The maximum atomic E-state index is 6.69. The average molecular weight is 680 g/mol. The molecule has 1 atom stereocenters. The molecule has 0 amide bonds. The van der Waals surface area contributed by atoms with Gasteiger partial charge in [0.15, 0.2) is 11.6 Å². The van der Waals surface area contributed by atoms with Gasteiger partial charge in [0.25, 0.3) is 0 Å². The summed E-state index contributed by atoms with van der Waals surface area (Å²) >= 11 is 0. The van der Waals surface area contributed by atoms with E-state index in [9.17, 15) is 0 Å². The fourth-order valence-electron chi connectivity index (χ4n) is 7.52. The molecule has 2 heterocycles. The minimum absolute atomic E-state index is 0.0242. The first-order valence-electron chi connectivity index (χ1n) is 18.0. The lowest BCUT2D eigenvalue weighted by Gasteiger charge is -2.17. The van der Waals surface area contributed by atoms with E-state index in [0.29, 0.717) is 11.6 Å². The van der Waals surface area contributed by atoms with Crippen molar-refractivity contribution in [2.75, 3.05) is 0 Å². The van der Waals surface area contributed by atoms with Crippen molar-refractivity contribution >= 4 is 38.3 Å². The molecular weight excluding hydrogens is 647 g/mol. The van der Waals surface area contributed by atoms with E-state index >= 15 is 0 Å². The van der Waals surface area contributed by atoms with Crippen molar-refractivity contribution in [1.29, 1.82) is 0 Å². The third kappa shape index (κ3) is 5.71. The van der Waals surface area contributed by atoms with Crippen molar-refractivity contribution < 1.29 is 4.42 Å². The Balaban J connectivity index is 1.05. The van der Waals surface area contributed by atoms with E-state index in [1.165, 1.54) is 33.0 Å². The highest BCUT2D eigenvalue weighted by molar-refractivity contribution is 6.15. The number of fused-ring (bicyclic) bond motifs is 4. The van der Waals surface area contributed by atoms with E-state index in [2.05, 4.69) is 146 Å². The molecule has 7 aromatic carbocycles. The molecule has 1 aliphatic carbocycles. The summed E-state index contributed by atoms with van der Waals surface area (Å²) in [5, 5.41) is 4.51. The lowest BCUT2D eigenvalue weighted by molar-refractivity contribution is 0.670. The quantitative estimate of drug-likeness (QED) is 0.175. The largest absolute Gasteiger partial charge is 0.455 e. The van der Waals surface area contributed by atoms with Gasteiger partial charge in [0.05, 0.1) is 0 Å². The summed E-state index contributed by atoms with van der Waals surface area (Å²) < 4.78 is 6.69. The molecule has 9 aromatic rings. The summed E-state index contributed by atoms with van der Waals surface area (Å²) in [4.78, 5) is 15.3. The van der Waals surface area contributed by atoms with Crippen LogP contribution in [0.1, 0.15) is 23.7 Å². The molecule has 10 rings (SSSR count). The molecule has 1 aliphatic rings. The normalized spacial score (nSPS) is 14.2. The summed E-state index contributed by atoms with van der Waals surface area (Å²) in [6.45, 7) is 0. The zero-order chi connectivity index (χ0) is 35.1. The standard InChI is InChI=1S/C49H33N3O/c1-3-11-32(12-4-1)34-23-28-38(29-24-34)48-50-47(37-14-5-2-6-15-37)51-49(52-48)43-19-10-20-44-45(43)42-18-9-17-41(46(42)53-44)36-26-21-35(22-27-36)40-30-25-33-13-7-8-16-39(33)31-40/h1-28,30-31,38H,29H2. The van der Waals surface area contributed by atoms with Gasteiger partial charge in [-0.15, -0.1) is 0 Å². The first-order chi connectivity index (χ1) is 26.2. The van der Waals surface area contributed by atoms with E-state index in [1.54, 1.807) is 0 Å². The van der Waals surface area contributed by atoms with Crippen LogP contribution in [-0.4, -0.2) is 15.0 Å². The number of para-hydroxylation sites is 1. The number of aromatic nitrogens is 3. The van der Waals surface area contributed by atoms with Crippen molar-refractivity contribution in [2.24, 2.45) is 0 Å². The lowest BCUT2D eigenvalue weighted by atomic mass is 9.92. The molecule has 0 fully saturated rings. The van der Waals surface area contributed by atoms with Crippen LogP contribution in [0.5, 0.6) is 0 Å². The summed E-state index contributed by atoms with van der Waals surface area (Å²) in [6, 6.07) is 57.1. The highest BCUT2D eigenvalue weighted by Gasteiger charge is 2.22.